The molecular weight excluding hydrogens is 236 g/mol. The Labute approximate surface area is 116 Å². The molecule has 0 saturated heterocycles. The summed E-state index contributed by atoms with van der Waals surface area (Å²) in [6, 6.07) is 0. The molecule has 0 bridgehead atoms. The molecule has 0 spiro atoms. The molecule has 1 saturated carbocycles. The highest BCUT2D eigenvalue weighted by molar-refractivity contribution is 6.69. The molecule has 1 aliphatic rings. The molecule has 0 aliphatic heterocycles. The van der Waals surface area contributed by atoms with E-state index in [4.69, 9.17) is 4.43 Å². The van der Waals surface area contributed by atoms with Crippen molar-refractivity contribution >= 4 is 8.32 Å². The van der Waals surface area contributed by atoms with E-state index in [1.165, 1.54) is 25.7 Å². The zero-order valence-electron chi connectivity index (χ0n) is 13.6. The fourth-order valence-corrected chi connectivity index (χ4v) is 4.54. The monoisotopic (exact) mass is 270 g/mol. The van der Waals surface area contributed by atoms with Crippen molar-refractivity contribution in [1.29, 1.82) is 0 Å². The third-order valence-corrected chi connectivity index (χ3v) is 5.93. The van der Waals surface area contributed by atoms with Crippen LogP contribution in [0, 0.1) is 23.7 Å². The van der Waals surface area contributed by atoms with Crippen LogP contribution in [0.2, 0.25) is 19.6 Å². The average molecular weight is 271 g/mol. The molecule has 0 N–H and O–H groups in total. The van der Waals surface area contributed by atoms with Gasteiger partial charge in [0.1, 0.15) is 0 Å². The summed E-state index contributed by atoms with van der Waals surface area (Å²) in [5.41, 5.74) is 0. The lowest BCUT2D eigenvalue weighted by Gasteiger charge is -2.30. The minimum absolute atomic E-state index is 0.547. The molecular formula is C16H34OSi. The van der Waals surface area contributed by atoms with E-state index >= 15 is 0 Å². The van der Waals surface area contributed by atoms with Gasteiger partial charge < -0.3 is 4.43 Å². The van der Waals surface area contributed by atoms with Gasteiger partial charge in [0.15, 0.2) is 8.32 Å². The summed E-state index contributed by atoms with van der Waals surface area (Å²) in [6.07, 6.45) is 5.87. The Bertz CT molecular complexity index is 246. The van der Waals surface area contributed by atoms with E-state index in [0.717, 1.165) is 23.7 Å². The smallest absolute Gasteiger partial charge is 0.184 e. The lowest BCUT2D eigenvalue weighted by atomic mass is 9.85. The van der Waals surface area contributed by atoms with E-state index in [-0.39, 0.29) is 0 Å². The molecule has 1 nitrogen and oxygen atoms in total. The first-order chi connectivity index (χ1) is 8.28. The van der Waals surface area contributed by atoms with Crippen LogP contribution in [0.1, 0.15) is 53.4 Å². The molecule has 0 heterocycles. The first kappa shape index (κ1) is 16.2. The predicted octanol–water partition coefficient (Wildman–Crippen LogP) is 5.32. The molecule has 2 heteroatoms. The Morgan fingerprint density at radius 3 is 2.00 bits per heavy atom. The van der Waals surface area contributed by atoms with Gasteiger partial charge >= 0.3 is 0 Å². The Balaban J connectivity index is 2.72. The van der Waals surface area contributed by atoms with Crippen molar-refractivity contribution in [2.24, 2.45) is 23.7 Å². The summed E-state index contributed by atoms with van der Waals surface area (Å²) in [7, 11) is -1.40. The quantitative estimate of drug-likeness (QED) is 0.593. The van der Waals surface area contributed by atoms with Crippen LogP contribution >= 0.6 is 0 Å². The van der Waals surface area contributed by atoms with E-state index in [2.05, 4.69) is 47.3 Å². The van der Waals surface area contributed by atoms with Crippen LogP contribution in [0.25, 0.3) is 0 Å². The molecule has 1 fully saturated rings. The van der Waals surface area contributed by atoms with E-state index in [1.54, 1.807) is 0 Å². The Morgan fingerprint density at radius 2 is 1.56 bits per heavy atom. The lowest BCUT2D eigenvalue weighted by molar-refractivity contribution is 0.117. The highest BCUT2D eigenvalue weighted by Gasteiger charge is 2.40. The van der Waals surface area contributed by atoms with Gasteiger partial charge in [-0.1, -0.05) is 40.5 Å². The Kier molecular flexibility index (Phi) is 5.92. The summed E-state index contributed by atoms with van der Waals surface area (Å²) >= 11 is 0. The second-order valence-electron chi connectivity index (χ2n) is 7.44. The van der Waals surface area contributed by atoms with Crippen LogP contribution in [-0.4, -0.2) is 14.4 Å². The summed E-state index contributed by atoms with van der Waals surface area (Å²) in [6.45, 7) is 16.5. The largest absolute Gasteiger partial charge is 0.414 e. The fourth-order valence-electron chi connectivity index (χ4n) is 3.36. The highest BCUT2D eigenvalue weighted by Crippen LogP contribution is 2.43. The molecule has 108 valence electrons. The van der Waals surface area contributed by atoms with Crippen LogP contribution in [0.4, 0.5) is 0 Å². The topological polar surface area (TPSA) is 9.23 Å². The molecule has 0 aromatic carbocycles. The summed E-state index contributed by atoms with van der Waals surface area (Å²) in [5, 5.41) is 0. The van der Waals surface area contributed by atoms with Crippen molar-refractivity contribution < 1.29 is 4.43 Å². The van der Waals surface area contributed by atoms with Crippen LogP contribution in [0.5, 0.6) is 0 Å². The van der Waals surface area contributed by atoms with E-state index in [1.807, 2.05) is 0 Å². The molecule has 1 aliphatic carbocycles. The number of hydrogen-bond donors (Lipinski definition) is 0. The number of hydrogen-bond acceptors (Lipinski definition) is 1. The van der Waals surface area contributed by atoms with Gasteiger partial charge in [-0.15, -0.1) is 0 Å². The minimum atomic E-state index is -1.40. The third-order valence-electron chi connectivity index (χ3n) is 4.92. The van der Waals surface area contributed by atoms with Crippen molar-refractivity contribution in [3.8, 4) is 0 Å². The normalized spacial score (nSPS) is 32.5. The van der Waals surface area contributed by atoms with Crippen molar-refractivity contribution in [2.75, 3.05) is 0 Å². The first-order valence-corrected chi connectivity index (χ1v) is 11.4. The molecule has 5 unspecified atom stereocenters. The maximum atomic E-state index is 6.50. The second kappa shape index (κ2) is 6.56. The molecule has 0 radical (unpaired) electrons. The maximum Gasteiger partial charge on any atom is 0.184 e. The van der Waals surface area contributed by atoms with Gasteiger partial charge in [-0.05, 0) is 56.2 Å². The predicted molar refractivity (Wildman–Crippen MR) is 83.3 cm³/mol. The molecule has 18 heavy (non-hydrogen) atoms. The van der Waals surface area contributed by atoms with Gasteiger partial charge in [0.2, 0.25) is 0 Å². The Hall–Kier alpha value is 0.177. The molecule has 5 atom stereocenters. The van der Waals surface area contributed by atoms with Crippen molar-refractivity contribution in [3.05, 3.63) is 0 Å². The van der Waals surface area contributed by atoms with Gasteiger partial charge in [0.25, 0.3) is 0 Å². The Morgan fingerprint density at radius 1 is 1.00 bits per heavy atom. The van der Waals surface area contributed by atoms with Crippen LogP contribution in [0.15, 0.2) is 0 Å². The van der Waals surface area contributed by atoms with E-state index < -0.39 is 8.32 Å². The summed E-state index contributed by atoms with van der Waals surface area (Å²) in [5.74, 6) is 3.39. The van der Waals surface area contributed by atoms with Gasteiger partial charge in [0, 0.05) is 6.10 Å². The second-order valence-corrected chi connectivity index (χ2v) is 11.9. The molecule has 0 amide bonds. The van der Waals surface area contributed by atoms with Gasteiger partial charge in [-0.25, -0.2) is 0 Å². The van der Waals surface area contributed by atoms with Crippen LogP contribution < -0.4 is 0 Å². The van der Waals surface area contributed by atoms with E-state index in [9.17, 15) is 0 Å². The van der Waals surface area contributed by atoms with Crippen LogP contribution in [-0.2, 0) is 4.43 Å². The molecule has 0 aromatic heterocycles. The fraction of sp³-hybridized carbons (Fsp3) is 1.00. The van der Waals surface area contributed by atoms with Crippen molar-refractivity contribution in [3.63, 3.8) is 0 Å². The summed E-state index contributed by atoms with van der Waals surface area (Å²) in [4.78, 5) is 0. The van der Waals surface area contributed by atoms with Gasteiger partial charge in [-0.2, -0.15) is 0 Å². The van der Waals surface area contributed by atoms with Gasteiger partial charge in [0.05, 0.1) is 0 Å². The SMILES string of the molecule is CCC(C)C1CC(O[Si](C)(C)C)C(C(C)CC)C1. The minimum Gasteiger partial charge on any atom is -0.414 e. The molecule has 0 aromatic rings. The lowest BCUT2D eigenvalue weighted by Crippen LogP contribution is -2.35. The zero-order chi connectivity index (χ0) is 13.9. The highest BCUT2D eigenvalue weighted by atomic mass is 28.4. The van der Waals surface area contributed by atoms with Crippen molar-refractivity contribution in [2.45, 2.75) is 79.1 Å². The van der Waals surface area contributed by atoms with E-state index in [0.29, 0.717) is 6.10 Å². The molecule has 1 rings (SSSR count). The first-order valence-electron chi connectivity index (χ1n) is 7.96. The standard InChI is InChI=1S/C16H34OSi/c1-8-12(3)14-10-15(13(4)9-2)16(11-14)17-18(5,6)7/h12-16H,8-11H2,1-7H3. The summed E-state index contributed by atoms with van der Waals surface area (Å²) < 4.78 is 6.50. The van der Waals surface area contributed by atoms with Crippen LogP contribution in [0.3, 0.4) is 0 Å². The van der Waals surface area contributed by atoms with Crippen molar-refractivity contribution in [1.82, 2.24) is 0 Å². The zero-order valence-corrected chi connectivity index (χ0v) is 14.6. The number of rotatable bonds is 6. The average Bonchev–Trinajstić information content (AvgIpc) is 2.68. The maximum absolute atomic E-state index is 6.50. The van der Waals surface area contributed by atoms with Gasteiger partial charge in [-0.3, -0.25) is 0 Å². The third kappa shape index (κ3) is 4.38.